The second-order valence-electron chi connectivity index (χ2n) is 4.22. The van der Waals surface area contributed by atoms with Gasteiger partial charge in [-0.15, -0.1) is 6.58 Å². The smallest absolute Gasteiger partial charge is 0.237 e. The summed E-state index contributed by atoms with van der Waals surface area (Å²) in [7, 11) is 0. The lowest BCUT2D eigenvalue weighted by Gasteiger charge is -2.16. The van der Waals surface area contributed by atoms with Crippen molar-refractivity contribution in [1.82, 2.24) is 5.32 Å². The SMILES string of the molecule is C=CCC(N)C(=O)NC(C)CC1CC1. The van der Waals surface area contributed by atoms with Gasteiger partial charge in [0, 0.05) is 6.04 Å². The van der Waals surface area contributed by atoms with Crippen LogP contribution in [0.3, 0.4) is 0 Å². The van der Waals surface area contributed by atoms with Crippen LogP contribution in [0.25, 0.3) is 0 Å². The van der Waals surface area contributed by atoms with E-state index in [1.807, 2.05) is 6.92 Å². The minimum atomic E-state index is -0.436. The van der Waals surface area contributed by atoms with Gasteiger partial charge >= 0.3 is 0 Å². The zero-order valence-corrected chi connectivity index (χ0v) is 8.83. The summed E-state index contributed by atoms with van der Waals surface area (Å²) < 4.78 is 0. The second kappa shape index (κ2) is 5.15. The van der Waals surface area contributed by atoms with Gasteiger partial charge in [0.2, 0.25) is 5.91 Å². The number of carbonyl (C=O) groups is 1. The first-order valence-electron chi connectivity index (χ1n) is 5.30. The van der Waals surface area contributed by atoms with Crippen molar-refractivity contribution in [3.63, 3.8) is 0 Å². The number of carbonyl (C=O) groups excluding carboxylic acids is 1. The lowest BCUT2D eigenvalue weighted by molar-refractivity contribution is -0.122. The first kappa shape index (κ1) is 11.2. The van der Waals surface area contributed by atoms with Crippen molar-refractivity contribution in [1.29, 1.82) is 0 Å². The minimum absolute atomic E-state index is 0.0574. The molecule has 1 rings (SSSR count). The fourth-order valence-electron chi connectivity index (χ4n) is 1.55. The Morgan fingerprint density at radius 3 is 2.86 bits per heavy atom. The van der Waals surface area contributed by atoms with Crippen molar-refractivity contribution >= 4 is 5.91 Å². The van der Waals surface area contributed by atoms with Gasteiger partial charge in [0.1, 0.15) is 0 Å². The van der Waals surface area contributed by atoms with Crippen LogP contribution in [0.4, 0.5) is 0 Å². The standard InChI is InChI=1S/C11H20N2O/c1-3-4-10(12)11(14)13-8(2)7-9-5-6-9/h3,8-10H,1,4-7,12H2,2H3,(H,13,14). The summed E-state index contributed by atoms with van der Waals surface area (Å²) in [6, 6.07) is -0.181. The molecule has 2 atom stereocenters. The molecule has 3 heteroatoms. The van der Waals surface area contributed by atoms with Crippen molar-refractivity contribution in [3.05, 3.63) is 12.7 Å². The molecule has 0 aromatic carbocycles. The molecule has 1 saturated carbocycles. The quantitative estimate of drug-likeness (QED) is 0.627. The molecular weight excluding hydrogens is 176 g/mol. The Kier molecular flexibility index (Phi) is 4.14. The van der Waals surface area contributed by atoms with E-state index in [9.17, 15) is 4.79 Å². The molecule has 1 fully saturated rings. The van der Waals surface area contributed by atoms with E-state index >= 15 is 0 Å². The molecule has 80 valence electrons. The molecule has 0 aromatic rings. The Bertz CT molecular complexity index is 211. The fourth-order valence-corrected chi connectivity index (χ4v) is 1.55. The molecule has 0 bridgehead atoms. The van der Waals surface area contributed by atoms with Gasteiger partial charge in [0.25, 0.3) is 0 Å². The van der Waals surface area contributed by atoms with Gasteiger partial charge in [0.05, 0.1) is 6.04 Å². The molecule has 1 aliphatic rings. The maximum atomic E-state index is 11.5. The number of amides is 1. The highest BCUT2D eigenvalue weighted by Gasteiger charge is 2.24. The third-order valence-corrected chi connectivity index (χ3v) is 2.53. The predicted molar refractivity (Wildman–Crippen MR) is 57.7 cm³/mol. The first-order valence-corrected chi connectivity index (χ1v) is 5.30. The minimum Gasteiger partial charge on any atom is -0.352 e. The van der Waals surface area contributed by atoms with Crippen molar-refractivity contribution in [2.24, 2.45) is 11.7 Å². The highest BCUT2D eigenvalue weighted by molar-refractivity contribution is 5.81. The van der Waals surface area contributed by atoms with Gasteiger partial charge in [-0.05, 0) is 25.7 Å². The first-order chi connectivity index (χ1) is 6.63. The molecule has 3 nitrogen and oxygen atoms in total. The van der Waals surface area contributed by atoms with E-state index in [0.717, 1.165) is 12.3 Å². The van der Waals surface area contributed by atoms with E-state index < -0.39 is 6.04 Å². The average Bonchev–Trinajstić information content (AvgIpc) is 2.88. The maximum absolute atomic E-state index is 11.5. The maximum Gasteiger partial charge on any atom is 0.237 e. The Hall–Kier alpha value is -0.830. The number of nitrogens with two attached hydrogens (primary N) is 1. The lowest BCUT2D eigenvalue weighted by atomic mass is 10.1. The Balaban J connectivity index is 2.19. The molecule has 0 aliphatic heterocycles. The molecule has 1 aliphatic carbocycles. The van der Waals surface area contributed by atoms with Crippen LogP contribution >= 0.6 is 0 Å². The summed E-state index contributed by atoms with van der Waals surface area (Å²) in [5, 5.41) is 2.92. The molecule has 1 amide bonds. The summed E-state index contributed by atoms with van der Waals surface area (Å²) in [6.45, 7) is 5.60. The molecule has 3 N–H and O–H groups in total. The monoisotopic (exact) mass is 196 g/mol. The largest absolute Gasteiger partial charge is 0.352 e. The van der Waals surface area contributed by atoms with E-state index in [1.54, 1.807) is 6.08 Å². The Morgan fingerprint density at radius 2 is 2.36 bits per heavy atom. The normalized spacial score (nSPS) is 19.9. The van der Waals surface area contributed by atoms with Crippen molar-refractivity contribution in [3.8, 4) is 0 Å². The van der Waals surface area contributed by atoms with Gasteiger partial charge in [-0.2, -0.15) is 0 Å². The molecule has 0 saturated heterocycles. The second-order valence-corrected chi connectivity index (χ2v) is 4.22. The molecule has 2 unspecified atom stereocenters. The van der Waals surface area contributed by atoms with Crippen LogP contribution in [0, 0.1) is 5.92 Å². The predicted octanol–water partition coefficient (Wildman–Crippen LogP) is 1.19. The Labute approximate surface area is 85.7 Å². The average molecular weight is 196 g/mol. The summed E-state index contributed by atoms with van der Waals surface area (Å²) in [4.78, 5) is 11.5. The van der Waals surface area contributed by atoms with Gasteiger partial charge in [-0.25, -0.2) is 0 Å². The summed E-state index contributed by atoms with van der Waals surface area (Å²) >= 11 is 0. The molecular formula is C11H20N2O. The van der Waals surface area contributed by atoms with Gasteiger partial charge in [0.15, 0.2) is 0 Å². The van der Waals surface area contributed by atoms with Crippen LogP contribution in [-0.2, 0) is 4.79 Å². The van der Waals surface area contributed by atoms with E-state index in [0.29, 0.717) is 6.42 Å². The van der Waals surface area contributed by atoms with Gasteiger partial charge < -0.3 is 11.1 Å². The van der Waals surface area contributed by atoms with E-state index in [4.69, 9.17) is 5.73 Å². The van der Waals surface area contributed by atoms with Crippen LogP contribution in [0.15, 0.2) is 12.7 Å². The zero-order valence-electron chi connectivity index (χ0n) is 8.83. The number of rotatable bonds is 6. The fraction of sp³-hybridized carbons (Fsp3) is 0.727. The van der Waals surface area contributed by atoms with Gasteiger partial charge in [-0.1, -0.05) is 18.9 Å². The van der Waals surface area contributed by atoms with E-state index in [2.05, 4.69) is 11.9 Å². The van der Waals surface area contributed by atoms with Crippen LogP contribution in [0.5, 0.6) is 0 Å². The molecule has 0 radical (unpaired) electrons. The van der Waals surface area contributed by atoms with E-state index in [-0.39, 0.29) is 11.9 Å². The van der Waals surface area contributed by atoms with Crippen LogP contribution in [0.1, 0.15) is 32.6 Å². The van der Waals surface area contributed by atoms with E-state index in [1.165, 1.54) is 12.8 Å². The molecule has 0 aromatic heterocycles. The lowest BCUT2D eigenvalue weighted by Crippen LogP contribution is -2.44. The summed E-state index contributed by atoms with van der Waals surface area (Å²) in [5.41, 5.74) is 5.64. The van der Waals surface area contributed by atoms with Crippen molar-refractivity contribution in [2.75, 3.05) is 0 Å². The zero-order chi connectivity index (χ0) is 10.6. The number of hydrogen-bond acceptors (Lipinski definition) is 2. The summed E-state index contributed by atoms with van der Waals surface area (Å²) in [6.07, 6.45) is 5.95. The number of hydrogen-bond donors (Lipinski definition) is 2. The molecule has 14 heavy (non-hydrogen) atoms. The Morgan fingerprint density at radius 1 is 1.71 bits per heavy atom. The number of nitrogens with one attached hydrogen (secondary N) is 1. The van der Waals surface area contributed by atoms with Crippen LogP contribution in [-0.4, -0.2) is 18.0 Å². The third kappa shape index (κ3) is 3.92. The van der Waals surface area contributed by atoms with Crippen LogP contribution < -0.4 is 11.1 Å². The highest BCUT2D eigenvalue weighted by Crippen LogP contribution is 2.33. The topological polar surface area (TPSA) is 55.1 Å². The highest BCUT2D eigenvalue weighted by atomic mass is 16.2. The van der Waals surface area contributed by atoms with Crippen molar-refractivity contribution in [2.45, 2.75) is 44.7 Å². The van der Waals surface area contributed by atoms with Crippen LogP contribution in [0.2, 0.25) is 0 Å². The summed E-state index contributed by atoms with van der Waals surface area (Å²) in [5.74, 6) is 0.777. The molecule has 0 heterocycles. The third-order valence-electron chi connectivity index (χ3n) is 2.53. The van der Waals surface area contributed by atoms with Gasteiger partial charge in [-0.3, -0.25) is 4.79 Å². The van der Waals surface area contributed by atoms with Crippen molar-refractivity contribution < 1.29 is 4.79 Å². The molecule has 0 spiro atoms.